The Labute approximate surface area is 162 Å². The van der Waals surface area contributed by atoms with Crippen LogP contribution >= 0.6 is 23.2 Å². The summed E-state index contributed by atoms with van der Waals surface area (Å²) in [6.07, 6.45) is 3.81. The Kier molecular flexibility index (Phi) is 4.54. The van der Waals surface area contributed by atoms with Gasteiger partial charge >= 0.3 is 0 Å². The molecule has 2 aliphatic rings. The largest absolute Gasteiger partial charge is 0.371 e. The Morgan fingerprint density at radius 2 is 1.92 bits per heavy atom. The predicted molar refractivity (Wildman–Crippen MR) is 104 cm³/mol. The van der Waals surface area contributed by atoms with Crippen molar-refractivity contribution in [2.45, 2.75) is 24.9 Å². The van der Waals surface area contributed by atoms with Crippen LogP contribution in [0.5, 0.6) is 0 Å². The van der Waals surface area contributed by atoms with Crippen LogP contribution in [0.25, 0.3) is 0 Å². The summed E-state index contributed by atoms with van der Waals surface area (Å²) in [6.45, 7) is 2.56. The normalized spacial score (nSPS) is 19.0. The van der Waals surface area contributed by atoms with Crippen molar-refractivity contribution >= 4 is 40.4 Å². The van der Waals surface area contributed by atoms with Gasteiger partial charge in [0.15, 0.2) is 0 Å². The fourth-order valence-electron chi connectivity index (χ4n) is 3.49. The van der Waals surface area contributed by atoms with E-state index in [1.54, 1.807) is 10.7 Å². The van der Waals surface area contributed by atoms with Gasteiger partial charge in [-0.3, -0.25) is 4.68 Å². The second-order valence-corrected chi connectivity index (χ2v) is 7.81. The van der Waals surface area contributed by atoms with E-state index in [0.717, 1.165) is 48.8 Å². The van der Waals surface area contributed by atoms with Crippen LogP contribution in [-0.4, -0.2) is 51.4 Å². The molecule has 2 N–H and O–H groups in total. The highest BCUT2D eigenvalue weighted by Crippen LogP contribution is 2.41. The van der Waals surface area contributed by atoms with Crippen molar-refractivity contribution in [3.05, 3.63) is 34.1 Å². The van der Waals surface area contributed by atoms with Crippen LogP contribution in [0.1, 0.15) is 18.5 Å². The smallest absolute Gasteiger partial charge is 0.129 e. The third-order valence-electron chi connectivity index (χ3n) is 5.03. The molecule has 0 atom stereocenters. The van der Waals surface area contributed by atoms with E-state index in [1.165, 1.54) is 0 Å². The van der Waals surface area contributed by atoms with Gasteiger partial charge in [0.25, 0.3) is 0 Å². The zero-order valence-corrected chi connectivity index (χ0v) is 16.3. The van der Waals surface area contributed by atoms with Crippen molar-refractivity contribution in [1.29, 1.82) is 0 Å². The van der Waals surface area contributed by atoms with Crippen LogP contribution in [0, 0.1) is 0 Å². The van der Waals surface area contributed by atoms with Gasteiger partial charge in [-0.15, -0.1) is 5.10 Å². The number of amidine groups is 1. The van der Waals surface area contributed by atoms with E-state index in [4.69, 9.17) is 28.2 Å². The number of fused-ring (bicyclic) bond motifs is 1. The lowest BCUT2D eigenvalue weighted by Crippen LogP contribution is -2.58. The minimum absolute atomic E-state index is 0.237. The average Bonchev–Trinajstić information content (AvgIpc) is 3.03. The Morgan fingerprint density at radius 1 is 1.19 bits per heavy atom. The van der Waals surface area contributed by atoms with Crippen LogP contribution in [-0.2, 0) is 13.6 Å². The molecule has 0 unspecified atom stereocenters. The zero-order valence-electron chi connectivity index (χ0n) is 14.8. The number of piperidine rings is 1. The van der Waals surface area contributed by atoms with Gasteiger partial charge in [0, 0.05) is 26.3 Å². The number of aryl methyl sites for hydroxylation is 1. The molecule has 1 fully saturated rings. The fraction of sp³-hybridized carbons (Fsp3) is 0.471. The van der Waals surface area contributed by atoms with Gasteiger partial charge in [-0.1, -0.05) is 28.4 Å². The third kappa shape index (κ3) is 3.26. The highest BCUT2D eigenvalue weighted by molar-refractivity contribution is 6.42. The van der Waals surface area contributed by atoms with Crippen LogP contribution in [0.2, 0.25) is 10.0 Å². The third-order valence-corrected chi connectivity index (χ3v) is 5.75. The van der Waals surface area contributed by atoms with Crippen molar-refractivity contribution in [1.82, 2.24) is 25.2 Å². The monoisotopic (exact) mass is 393 g/mol. The van der Waals surface area contributed by atoms with Gasteiger partial charge in [0.05, 0.1) is 33.5 Å². The average molecular weight is 394 g/mol. The number of nitrogens with one attached hydrogen (secondary N) is 2. The number of aliphatic imine (C=N–C) groups is 1. The van der Waals surface area contributed by atoms with Crippen molar-refractivity contribution in [2.75, 3.05) is 25.5 Å². The minimum atomic E-state index is -0.237. The highest BCUT2D eigenvalue weighted by atomic mass is 35.5. The van der Waals surface area contributed by atoms with E-state index >= 15 is 0 Å². The number of likely N-dealkylation sites (tertiary alicyclic amines) is 1. The van der Waals surface area contributed by atoms with E-state index < -0.39 is 0 Å². The molecule has 0 saturated carbocycles. The highest BCUT2D eigenvalue weighted by Gasteiger charge is 2.41. The molecule has 1 aromatic carbocycles. The quantitative estimate of drug-likeness (QED) is 0.820. The first-order valence-electron chi connectivity index (χ1n) is 8.59. The van der Waals surface area contributed by atoms with Crippen molar-refractivity contribution in [3.63, 3.8) is 0 Å². The first kappa shape index (κ1) is 17.6. The molecule has 1 aromatic heterocycles. The molecule has 0 amide bonds. The molecule has 1 saturated heterocycles. The van der Waals surface area contributed by atoms with Crippen LogP contribution < -0.4 is 10.6 Å². The molecule has 2 aliphatic heterocycles. The number of hydrogen-bond acceptors (Lipinski definition) is 6. The number of aromatic nitrogens is 3. The second-order valence-electron chi connectivity index (χ2n) is 6.99. The summed E-state index contributed by atoms with van der Waals surface area (Å²) in [5.41, 5.74) is 2.36. The van der Waals surface area contributed by atoms with E-state index in [-0.39, 0.29) is 5.54 Å². The molecule has 138 valence electrons. The number of nitrogens with zero attached hydrogens (tertiary/aromatic N) is 5. The van der Waals surface area contributed by atoms with Gasteiger partial charge in [0.2, 0.25) is 0 Å². The summed E-state index contributed by atoms with van der Waals surface area (Å²) in [5, 5.41) is 16.3. The lowest BCUT2D eigenvalue weighted by atomic mass is 9.84. The van der Waals surface area contributed by atoms with Crippen molar-refractivity contribution < 1.29 is 0 Å². The first-order valence-corrected chi connectivity index (χ1v) is 9.35. The number of benzene rings is 1. The topological polar surface area (TPSA) is 70.4 Å². The van der Waals surface area contributed by atoms with Crippen LogP contribution in [0.4, 0.5) is 11.4 Å². The van der Waals surface area contributed by atoms with E-state index in [0.29, 0.717) is 16.6 Å². The number of anilines is 1. The molecule has 0 bridgehead atoms. The zero-order chi connectivity index (χ0) is 18.3. The maximum atomic E-state index is 6.21. The minimum Gasteiger partial charge on any atom is -0.371 e. The predicted octanol–water partition coefficient (Wildman–Crippen LogP) is 2.83. The van der Waals surface area contributed by atoms with Gasteiger partial charge < -0.3 is 15.5 Å². The summed E-state index contributed by atoms with van der Waals surface area (Å²) < 4.78 is 1.69. The molecule has 1 spiro atoms. The van der Waals surface area contributed by atoms with Crippen molar-refractivity contribution in [3.8, 4) is 0 Å². The maximum Gasteiger partial charge on any atom is 0.129 e. The molecular weight excluding hydrogens is 373 g/mol. The molecule has 0 radical (unpaired) electrons. The number of hydrogen-bond donors (Lipinski definition) is 2. The fourth-order valence-corrected chi connectivity index (χ4v) is 3.82. The number of halogens is 2. The lowest BCUT2D eigenvalue weighted by molar-refractivity contribution is 0.238. The molecule has 7 nitrogen and oxygen atoms in total. The maximum absolute atomic E-state index is 6.21. The van der Waals surface area contributed by atoms with E-state index in [9.17, 15) is 0 Å². The summed E-state index contributed by atoms with van der Waals surface area (Å²) in [6, 6.07) is 3.67. The van der Waals surface area contributed by atoms with Gasteiger partial charge in [-0.05, 0) is 32.0 Å². The van der Waals surface area contributed by atoms with Gasteiger partial charge in [-0.25, -0.2) is 4.99 Å². The molecule has 2 aromatic rings. The Hall–Kier alpha value is -1.83. The molecule has 0 aliphatic carbocycles. The lowest BCUT2D eigenvalue weighted by Gasteiger charge is -2.45. The first-order chi connectivity index (χ1) is 12.4. The van der Waals surface area contributed by atoms with Crippen LogP contribution in [0.3, 0.4) is 0 Å². The Balaban J connectivity index is 1.67. The second kappa shape index (κ2) is 6.72. The van der Waals surface area contributed by atoms with Gasteiger partial charge in [-0.2, -0.15) is 0 Å². The van der Waals surface area contributed by atoms with Crippen molar-refractivity contribution in [2.24, 2.45) is 12.0 Å². The molecular formula is C17H21Cl2N7. The number of rotatable bonds is 2. The Bertz CT molecular complexity index is 853. The molecule has 3 heterocycles. The summed E-state index contributed by atoms with van der Waals surface area (Å²) in [7, 11) is 4.00. The summed E-state index contributed by atoms with van der Waals surface area (Å²) in [5.74, 6) is 0.919. The molecule has 4 rings (SSSR count). The van der Waals surface area contributed by atoms with E-state index in [2.05, 4.69) is 32.9 Å². The van der Waals surface area contributed by atoms with Crippen LogP contribution in [0.15, 0.2) is 23.3 Å². The summed E-state index contributed by atoms with van der Waals surface area (Å²) in [4.78, 5) is 7.23. The SMILES string of the molecule is CN1CCC2(CC1)Nc1cc(Cl)c(Cl)cc1N=C2NCc1cn(C)nn1. The summed E-state index contributed by atoms with van der Waals surface area (Å²) >= 11 is 12.4. The molecule has 26 heavy (non-hydrogen) atoms. The standard InChI is InChI=1S/C17H21Cl2N7/c1-25-5-3-17(4-6-25)16(20-9-11-10-26(2)24-23-11)21-14-7-12(18)13(19)8-15(14)22-17/h7-8,10,22H,3-6,9H2,1-2H3,(H,20,21). The Morgan fingerprint density at radius 3 is 2.62 bits per heavy atom. The molecule has 9 heteroatoms. The van der Waals surface area contributed by atoms with E-state index in [1.807, 2.05) is 19.3 Å². The van der Waals surface area contributed by atoms with Gasteiger partial charge in [0.1, 0.15) is 11.5 Å².